The number of carbonyl (C=O) groups excluding carboxylic acids is 1. The zero-order valence-electron chi connectivity index (χ0n) is 5.21. The Bertz CT molecular complexity index is 146. The van der Waals surface area contributed by atoms with Crippen LogP contribution in [0.5, 0.6) is 0 Å². The molecule has 0 N–H and O–H groups in total. The summed E-state index contributed by atoms with van der Waals surface area (Å²) in [6.45, 7) is 1.73. The third-order valence-electron chi connectivity index (χ3n) is 2.06. The fraction of sp³-hybridized carbons (Fsp3) is 0.833. The van der Waals surface area contributed by atoms with Gasteiger partial charge in [0.1, 0.15) is 0 Å². The van der Waals surface area contributed by atoms with Crippen LogP contribution in [0.4, 0.5) is 0 Å². The minimum Gasteiger partial charge on any atom is -0.272 e. The molecule has 2 heterocycles. The second kappa shape index (κ2) is 1.70. The molecule has 1 atom stereocenters. The summed E-state index contributed by atoms with van der Waals surface area (Å²) in [5.41, 5.74) is 0. The van der Waals surface area contributed by atoms with Crippen molar-refractivity contribution in [2.75, 3.05) is 13.2 Å². The summed E-state index contributed by atoms with van der Waals surface area (Å²) in [5.74, 6) is 0.104. The van der Waals surface area contributed by atoms with Crippen LogP contribution in [0.2, 0.25) is 0 Å². The average Bonchev–Trinajstić information content (AvgIpc) is 2.35. The maximum atomic E-state index is 10.8. The molecule has 1 radical (unpaired) electrons. The topological polar surface area (TPSA) is 34.4 Å². The highest BCUT2D eigenvalue weighted by Crippen LogP contribution is 2.20. The maximum Gasteiger partial charge on any atom is 0.259 e. The molecule has 1 amide bonds. The summed E-state index contributed by atoms with van der Waals surface area (Å²) < 4.78 is 0. The van der Waals surface area contributed by atoms with Gasteiger partial charge in [-0.05, 0) is 12.8 Å². The van der Waals surface area contributed by atoms with E-state index in [9.17, 15) is 4.79 Å². The Morgan fingerprint density at radius 2 is 2.56 bits per heavy atom. The second-order valence-corrected chi connectivity index (χ2v) is 2.61. The van der Waals surface area contributed by atoms with E-state index in [-0.39, 0.29) is 11.9 Å². The molecular weight excluding hydrogens is 116 g/mol. The summed E-state index contributed by atoms with van der Waals surface area (Å²) in [5, 5.41) is 3.81. The number of hydrogen-bond donors (Lipinski definition) is 0. The van der Waals surface area contributed by atoms with Gasteiger partial charge >= 0.3 is 0 Å². The van der Waals surface area contributed by atoms with Crippen molar-refractivity contribution in [3.63, 3.8) is 0 Å². The van der Waals surface area contributed by atoms with Crippen LogP contribution < -0.4 is 5.32 Å². The Balaban J connectivity index is 2.15. The van der Waals surface area contributed by atoms with Gasteiger partial charge in [0.15, 0.2) is 0 Å². The van der Waals surface area contributed by atoms with Crippen LogP contribution in [0, 0.1) is 0 Å². The van der Waals surface area contributed by atoms with Crippen LogP contribution in [-0.4, -0.2) is 30.1 Å². The summed E-state index contributed by atoms with van der Waals surface area (Å²) in [7, 11) is 0. The molecule has 1 unspecified atom stereocenters. The Kier molecular flexibility index (Phi) is 0.990. The van der Waals surface area contributed by atoms with E-state index in [1.807, 2.05) is 0 Å². The van der Waals surface area contributed by atoms with Crippen LogP contribution >= 0.6 is 0 Å². The minimum atomic E-state index is 0.104. The smallest absolute Gasteiger partial charge is 0.259 e. The van der Waals surface area contributed by atoms with Crippen LogP contribution in [0.15, 0.2) is 0 Å². The maximum absolute atomic E-state index is 10.8. The Morgan fingerprint density at radius 1 is 1.67 bits per heavy atom. The molecule has 0 spiro atoms. The highest BCUT2D eigenvalue weighted by atomic mass is 16.2. The Labute approximate surface area is 54.0 Å². The molecule has 2 aliphatic heterocycles. The number of hydrogen-bond acceptors (Lipinski definition) is 2. The quantitative estimate of drug-likeness (QED) is 0.439. The second-order valence-electron chi connectivity index (χ2n) is 2.61. The zero-order valence-corrected chi connectivity index (χ0v) is 5.21. The van der Waals surface area contributed by atoms with E-state index >= 15 is 0 Å². The van der Waals surface area contributed by atoms with Crippen molar-refractivity contribution in [3.8, 4) is 0 Å². The molecule has 3 heteroatoms. The highest BCUT2D eigenvalue weighted by molar-refractivity contribution is 5.83. The monoisotopic (exact) mass is 125 g/mol. The predicted molar refractivity (Wildman–Crippen MR) is 31.7 cm³/mol. The molecule has 2 rings (SSSR count). The van der Waals surface area contributed by atoms with Gasteiger partial charge in [0.05, 0.1) is 12.7 Å². The van der Waals surface area contributed by atoms with Crippen molar-refractivity contribution >= 4 is 5.91 Å². The molecule has 49 valence electrons. The molecule has 3 nitrogen and oxygen atoms in total. The SMILES string of the molecule is O=C1[N]CN2CCCC12. The summed E-state index contributed by atoms with van der Waals surface area (Å²) in [4.78, 5) is 13.0. The Hall–Kier alpha value is -0.570. The molecule has 0 aromatic rings. The molecule has 0 aliphatic carbocycles. The lowest BCUT2D eigenvalue weighted by atomic mass is 10.2. The summed E-state index contributed by atoms with van der Waals surface area (Å²) >= 11 is 0. The molecule has 2 aliphatic rings. The lowest BCUT2D eigenvalue weighted by Crippen LogP contribution is -2.25. The van der Waals surface area contributed by atoms with Crippen LogP contribution in [0.1, 0.15) is 12.8 Å². The largest absolute Gasteiger partial charge is 0.272 e. The van der Waals surface area contributed by atoms with Crippen molar-refractivity contribution in [3.05, 3.63) is 0 Å². The molecule has 0 bridgehead atoms. The lowest BCUT2D eigenvalue weighted by molar-refractivity contribution is -0.121. The molecule has 0 aromatic heterocycles. The highest BCUT2D eigenvalue weighted by Gasteiger charge is 2.36. The molecule has 9 heavy (non-hydrogen) atoms. The first kappa shape index (κ1) is 5.23. The number of fused-ring (bicyclic) bond motifs is 1. The first-order valence-electron chi connectivity index (χ1n) is 3.33. The molecular formula is C6H9N2O. The molecule has 2 saturated heterocycles. The van der Waals surface area contributed by atoms with E-state index in [1.165, 1.54) is 6.42 Å². The average molecular weight is 125 g/mol. The fourth-order valence-electron chi connectivity index (χ4n) is 1.54. The van der Waals surface area contributed by atoms with Crippen molar-refractivity contribution < 1.29 is 4.79 Å². The van der Waals surface area contributed by atoms with Crippen molar-refractivity contribution in [2.45, 2.75) is 18.9 Å². The van der Waals surface area contributed by atoms with Gasteiger partial charge in [0, 0.05) is 6.54 Å². The third-order valence-corrected chi connectivity index (χ3v) is 2.06. The fourth-order valence-corrected chi connectivity index (χ4v) is 1.54. The molecule has 0 saturated carbocycles. The van der Waals surface area contributed by atoms with Gasteiger partial charge in [-0.1, -0.05) is 0 Å². The Morgan fingerprint density at radius 3 is 3.33 bits per heavy atom. The van der Waals surface area contributed by atoms with Crippen LogP contribution in [0.3, 0.4) is 0 Å². The van der Waals surface area contributed by atoms with Crippen LogP contribution in [-0.2, 0) is 4.79 Å². The first-order chi connectivity index (χ1) is 4.38. The first-order valence-corrected chi connectivity index (χ1v) is 3.33. The molecule has 0 aromatic carbocycles. The summed E-state index contributed by atoms with van der Waals surface area (Å²) in [6.07, 6.45) is 2.20. The van der Waals surface area contributed by atoms with E-state index in [4.69, 9.17) is 0 Å². The standard InChI is InChI=1S/C6H9N2O/c9-6-5-2-1-3-8(5)4-7-6/h5H,1-4H2. The van der Waals surface area contributed by atoms with Gasteiger partial charge in [0.2, 0.25) is 0 Å². The van der Waals surface area contributed by atoms with Gasteiger partial charge < -0.3 is 0 Å². The van der Waals surface area contributed by atoms with E-state index in [2.05, 4.69) is 10.2 Å². The molecule has 2 fully saturated rings. The van der Waals surface area contributed by atoms with Gasteiger partial charge in [-0.15, -0.1) is 0 Å². The summed E-state index contributed by atoms with van der Waals surface area (Å²) in [6, 6.07) is 0.171. The van der Waals surface area contributed by atoms with E-state index in [0.29, 0.717) is 6.67 Å². The van der Waals surface area contributed by atoms with Gasteiger partial charge in [0.25, 0.3) is 5.91 Å². The van der Waals surface area contributed by atoms with Crippen molar-refractivity contribution in [1.29, 1.82) is 0 Å². The minimum absolute atomic E-state index is 0.104. The third kappa shape index (κ3) is 0.645. The lowest BCUT2D eigenvalue weighted by Gasteiger charge is -2.07. The van der Waals surface area contributed by atoms with E-state index < -0.39 is 0 Å². The number of carbonyl (C=O) groups is 1. The van der Waals surface area contributed by atoms with Crippen molar-refractivity contribution in [2.24, 2.45) is 0 Å². The predicted octanol–water partition coefficient (Wildman–Crippen LogP) is -0.447. The number of nitrogens with zero attached hydrogens (tertiary/aromatic N) is 2. The number of amides is 1. The van der Waals surface area contributed by atoms with Gasteiger partial charge in [-0.3, -0.25) is 9.69 Å². The zero-order chi connectivity index (χ0) is 6.27. The van der Waals surface area contributed by atoms with Gasteiger partial charge in [-0.2, -0.15) is 0 Å². The van der Waals surface area contributed by atoms with Gasteiger partial charge in [-0.25, -0.2) is 5.32 Å². The van der Waals surface area contributed by atoms with Crippen LogP contribution in [0.25, 0.3) is 0 Å². The van der Waals surface area contributed by atoms with E-state index in [0.717, 1.165) is 13.0 Å². The van der Waals surface area contributed by atoms with E-state index in [1.54, 1.807) is 0 Å². The van der Waals surface area contributed by atoms with Crippen molar-refractivity contribution in [1.82, 2.24) is 10.2 Å². The normalized spacial score (nSPS) is 34.7. The number of rotatable bonds is 0.